The number of amidine groups is 1. The summed E-state index contributed by atoms with van der Waals surface area (Å²) < 4.78 is 47.0. The molecular formula is C17H24BrFN8O4S. The van der Waals surface area contributed by atoms with Crippen LogP contribution in [-0.4, -0.2) is 65.3 Å². The van der Waals surface area contributed by atoms with Gasteiger partial charge in [-0.3, -0.25) is 10.7 Å². The van der Waals surface area contributed by atoms with Gasteiger partial charge in [0.1, 0.15) is 5.82 Å². The Bertz CT molecular complexity index is 1100. The molecule has 1 atom stereocenters. The molecule has 1 unspecified atom stereocenters. The fraction of sp³-hybridized carbons (Fsp3) is 0.471. The smallest absolute Gasteiger partial charge is 0.279 e. The molecule has 0 bridgehead atoms. The molecule has 1 saturated heterocycles. The van der Waals surface area contributed by atoms with Crippen LogP contribution in [-0.2, 0) is 10.2 Å². The fourth-order valence-corrected chi connectivity index (χ4v) is 4.98. The van der Waals surface area contributed by atoms with Crippen LogP contribution in [0.5, 0.6) is 0 Å². The maximum atomic E-state index is 13.4. The minimum Gasteiger partial charge on any atom is -0.363 e. The van der Waals surface area contributed by atoms with E-state index in [-0.39, 0.29) is 47.5 Å². The number of anilines is 1. The number of nitrogens with zero attached hydrogens (tertiary/aromatic N) is 4. The monoisotopic (exact) mass is 534 g/mol. The van der Waals surface area contributed by atoms with E-state index in [0.717, 1.165) is 0 Å². The summed E-state index contributed by atoms with van der Waals surface area (Å²) in [6, 6.07) is 3.80. The Morgan fingerprint density at radius 2 is 2.22 bits per heavy atom. The molecule has 0 radical (unpaired) electrons. The predicted molar refractivity (Wildman–Crippen MR) is 118 cm³/mol. The maximum absolute atomic E-state index is 13.4. The normalized spacial score (nSPS) is 20.2. The van der Waals surface area contributed by atoms with Crippen molar-refractivity contribution in [3.05, 3.63) is 34.2 Å². The Hall–Kier alpha value is -2.17. The maximum Gasteiger partial charge on any atom is 0.279 e. The van der Waals surface area contributed by atoms with Gasteiger partial charge in [-0.15, -0.1) is 0 Å². The van der Waals surface area contributed by atoms with E-state index >= 15 is 0 Å². The number of hydrogen-bond acceptors (Lipinski definition) is 9. The van der Waals surface area contributed by atoms with Crippen molar-refractivity contribution in [3.63, 3.8) is 0 Å². The topological polar surface area (TPSA) is 171 Å². The van der Waals surface area contributed by atoms with Crippen molar-refractivity contribution < 1.29 is 22.6 Å². The van der Waals surface area contributed by atoms with Crippen molar-refractivity contribution in [3.8, 4) is 0 Å². The van der Waals surface area contributed by atoms with Gasteiger partial charge in [0.15, 0.2) is 11.5 Å². The number of aromatic nitrogens is 2. The molecule has 12 nitrogen and oxygen atoms in total. The van der Waals surface area contributed by atoms with Crippen LogP contribution >= 0.6 is 15.9 Å². The highest BCUT2D eigenvalue weighted by molar-refractivity contribution is 9.10. The van der Waals surface area contributed by atoms with Crippen molar-refractivity contribution in [1.82, 2.24) is 24.8 Å². The zero-order valence-corrected chi connectivity index (χ0v) is 19.7. The van der Waals surface area contributed by atoms with E-state index in [4.69, 9.17) is 10.4 Å². The van der Waals surface area contributed by atoms with Gasteiger partial charge in [-0.2, -0.15) is 17.4 Å². The van der Waals surface area contributed by atoms with Crippen molar-refractivity contribution in [2.24, 2.45) is 10.7 Å². The summed E-state index contributed by atoms with van der Waals surface area (Å²) >= 11 is 3.07. The standard InChI is InChI=1S/C17H24BrFN8O4S/c1-10(2)26-32(29,30)27-6-5-17(20,9-27)8-21-15-14(24-31-25-15)16(23-28)22-11-3-4-13(19)12(18)7-11/h3-4,7,10,26,28H,5-6,8-9,20H2,1-2H3,(H,21,25)(H,22,23). The van der Waals surface area contributed by atoms with Crippen LogP contribution in [0.1, 0.15) is 26.0 Å². The molecule has 0 saturated carbocycles. The lowest BCUT2D eigenvalue weighted by Crippen LogP contribution is -2.51. The highest BCUT2D eigenvalue weighted by Gasteiger charge is 2.40. The number of benzene rings is 1. The summed E-state index contributed by atoms with van der Waals surface area (Å²) in [5.41, 5.74) is 7.83. The van der Waals surface area contributed by atoms with Crippen molar-refractivity contribution in [2.45, 2.75) is 31.8 Å². The molecule has 1 aromatic heterocycles. The lowest BCUT2D eigenvalue weighted by atomic mass is 10.0. The number of hydrogen-bond donors (Lipinski definition) is 5. The number of nitrogens with two attached hydrogens (primary N) is 1. The summed E-state index contributed by atoms with van der Waals surface area (Å²) in [6.07, 6.45) is 0.419. The van der Waals surface area contributed by atoms with E-state index in [0.29, 0.717) is 12.1 Å². The molecule has 32 heavy (non-hydrogen) atoms. The number of halogens is 2. The third kappa shape index (κ3) is 5.79. The van der Waals surface area contributed by atoms with Crippen LogP contribution in [0.2, 0.25) is 0 Å². The van der Waals surface area contributed by atoms with Gasteiger partial charge in [0.25, 0.3) is 10.2 Å². The molecule has 1 fully saturated rings. The second-order valence-electron chi connectivity index (χ2n) is 7.71. The third-order valence-corrected chi connectivity index (χ3v) is 7.01. The second kappa shape index (κ2) is 9.76. The van der Waals surface area contributed by atoms with E-state index in [2.05, 4.69) is 41.3 Å². The molecular weight excluding hydrogens is 511 g/mol. The van der Waals surface area contributed by atoms with E-state index in [1.807, 2.05) is 5.48 Å². The molecule has 176 valence electrons. The summed E-state index contributed by atoms with van der Waals surface area (Å²) in [5, 5.41) is 20.0. The zero-order chi connectivity index (χ0) is 23.5. The van der Waals surface area contributed by atoms with Crippen LogP contribution in [0.4, 0.5) is 15.9 Å². The van der Waals surface area contributed by atoms with Crippen LogP contribution in [0.25, 0.3) is 0 Å². The number of hydroxylamine groups is 1. The first-order valence-electron chi connectivity index (χ1n) is 9.60. The highest BCUT2D eigenvalue weighted by Crippen LogP contribution is 2.25. The molecule has 2 aromatic rings. The van der Waals surface area contributed by atoms with Gasteiger partial charge >= 0.3 is 0 Å². The summed E-state index contributed by atoms with van der Waals surface area (Å²) in [7, 11) is -3.63. The fourth-order valence-electron chi connectivity index (χ4n) is 3.11. The van der Waals surface area contributed by atoms with Gasteiger partial charge in [-0.25, -0.2) is 14.0 Å². The lowest BCUT2D eigenvalue weighted by molar-refractivity contribution is 0.234. The number of aliphatic imine (C=N–C) groups is 1. The zero-order valence-electron chi connectivity index (χ0n) is 17.3. The van der Waals surface area contributed by atoms with E-state index in [1.54, 1.807) is 13.8 Å². The molecule has 3 rings (SSSR count). The molecule has 0 aliphatic carbocycles. The van der Waals surface area contributed by atoms with Gasteiger partial charge in [-0.05, 0) is 64.7 Å². The van der Waals surface area contributed by atoms with Crippen LogP contribution in [0.15, 0.2) is 32.3 Å². The van der Waals surface area contributed by atoms with Crippen molar-refractivity contribution in [2.75, 3.05) is 25.0 Å². The van der Waals surface area contributed by atoms with Gasteiger partial charge in [0.05, 0.1) is 10.2 Å². The Balaban J connectivity index is 1.72. The molecule has 2 heterocycles. The Morgan fingerprint density at radius 1 is 1.47 bits per heavy atom. The third-order valence-electron chi connectivity index (χ3n) is 4.65. The van der Waals surface area contributed by atoms with Gasteiger partial charge in [0, 0.05) is 31.2 Å². The summed E-state index contributed by atoms with van der Waals surface area (Å²) in [4.78, 5) is 4.18. The molecule has 0 spiro atoms. The minimum atomic E-state index is -3.63. The second-order valence-corrected chi connectivity index (χ2v) is 10.3. The summed E-state index contributed by atoms with van der Waals surface area (Å²) in [5.74, 6) is -0.426. The molecule has 15 heteroatoms. The van der Waals surface area contributed by atoms with E-state index in [9.17, 15) is 18.0 Å². The molecule has 1 aliphatic heterocycles. The Morgan fingerprint density at radius 3 is 2.88 bits per heavy atom. The first kappa shape index (κ1) is 24.5. The largest absolute Gasteiger partial charge is 0.363 e. The molecule has 1 aromatic carbocycles. The van der Waals surface area contributed by atoms with Crippen LogP contribution in [0.3, 0.4) is 0 Å². The molecule has 0 amide bonds. The van der Waals surface area contributed by atoms with Crippen LogP contribution < -0.4 is 21.3 Å². The lowest BCUT2D eigenvalue weighted by Gasteiger charge is -2.25. The highest BCUT2D eigenvalue weighted by atomic mass is 79.9. The van der Waals surface area contributed by atoms with Gasteiger partial charge < -0.3 is 11.1 Å². The average Bonchev–Trinajstić information content (AvgIpc) is 3.34. The van der Waals surface area contributed by atoms with Gasteiger partial charge in [-0.1, -0.05) is 0 Å². The number of nitrogens with one attached hydrogen (secondary N) is 3. The minimum absolute atomic E-state index is 0.0560. The average molecular weight is 535 g/mol. The van der Waals surface area contributed by atoms with Crippen molar-refractivity contribution >= 4 is 43.5 Å². The number of rotatable bonds is 8. The molecule has 1 aliphatic rings. The predicted octanol–water partition coefficient (Wildman–Crippen LogP) is 1.09. The first-order chi connectivity index (χ1) is 15.0. The first-order valence-corrected chi connectivity index (χ1v) is 11.8. The SMILES string of the molecule is CC(C)NS(=O)(=O)N1CCC(N)(CNc2nonc2C(=Nc2ccc(F)c(Br)c2)NO)C1. The van der Waals surface area contributed by atoms with E-state index in [1.165, 1.54) is 22.5 Å². The van der Waals surface area contributed by atoms with E-state index < -0.39 is 21.6 Å². The Labute approximate surface area is 192 Å². The molecule has 6 N–H and O–H groups in total. The van der Waals surface area contributed by atoms with Crippen LogP contribution in [0, 0.1) is 5.82 Å². The van der Waals surface area contributed by atoms with Crippen molar-refractivity contribution in [1.29, 1.82) is 0 Å². The summed E-state index contributed by atoms with van der Waals surface area (Å²) in [6.45, 7) is 4.01. The van der Waals surface area contributed by atoms with Gasteiger partial charge in [0.2, 0.25) is 5.82 Å². The quantitative estimate of drug-likeness (QED) is 0.189. The Kier molecular flexibility index (Phi) is 7.46.